The Balaban J connectivity index is 0.00000172. The molecular formula is C31H34N8. The van der Waals surface area contributed by atoms with E-state index >= 15 is 0 Å². The number of fused-ring (bicyclic) bond motifs is 1. The maximum absolute atomic E-state index is 8.99. The molecule has 0 aliphatic carbocycles. The molecule has 4 heterocycles. The summed E-state index contributed by atoms with van der Waals surface area (Å²) in [5.74, 6) is 0.995. The predicted octanol–water partition coefficient (Wildman–Crippen LogP) is 7.34. The van der Waals surface area contributed by atoms with E-state index in [0.29, 0.717) is 17.5 Å². The summed E-state index contributed by atoms with van der Waals surface area (Å²) < 4.78 is 0. The molecule has 0 radical (unpaired) electrons. The molecule has 0 fully saturated rings. The Morgan fingerprint density at radius 3 is 2.62 bits per heavy atom. The molecule has 5 rings (SSSR count). The number of pyridine rings is 2. The molecule has 0 saturated carbocycles. The van der Waals surface area contributed by atoms with Crippen molar-refractivity contribution in [2.75, 3.05) is 5.32 Å². The molecule has 0 saturated heterocycles. The van der Waals surface area contributed by atoms with Gasteiger partial charge in [0, 0.05) is 52.7 Å². The molecule has 0 spiro atoms. The fraction of sp³-hybridized carbons (Fsp3) is 0.226. The van der Waals surface area contributed by atoms with Crippen LogP contribution in [0.2, 0.25) is 0 Å². The van der Waals surface area contributed by atoms with Crippen molar-refractivity contribution in [3.05, 3.63) is 96.6 Å². The quantitative estimate of drug-likeness (QED) is 0.176. The Kier molecular flexibility index (Phi) is 8.89. The number of rotatable bonds is 9. The van der Waals surface area contributed by atoms with Crippen molar-refractivity contribution in [3.63, 3.8) is 0 Å². The molecule has 8 nitrogen and oxygen atoms in total. The van der Waals surface area contributed by atoms with Crippen molar-refractivity contribution in [2.24, 2.45) is 0 Å². The van der Waals surface area contributed by atoms with E-state index in [1.165, 1.54) is 0 Å². The molecule has 0 amide bonds. The smallest absolute Gasteiger partial charge is 0.227 e. The molecule has 1 aromatic carbocycles. The van der Waals surface area contributed by atoms with Crippen LogP contribution in [-0.4, -0.2) is 35.6 Å². The fourth-order valence-corrected chi connectivity index (χ4v) is 4.15. The van der Waals surface area contributed by atoms with Crippen LogP contribution in [0, 0.1) is 12.3 Å². The zero-order chi connectivity index (χ0) is 27.8. The first-order valence-corrected chi connectivity index (χ1v) is 13.3. The number of anilines is 1. The van der Waals surface area contributed by atoms with Gasteiger partial charge in [0.05, 0.1) is 17.4 Å². The Bertz CT molecular complexity index is 1590. The number of imidazole rings is 1. The highest BCUT2D eigenvalue weighted by Gasteiger charge is 2.17. The number of H-pyrrole nitrogens is 1. The molecular weight excluding hydrogens is 484 g/mol. The lowest BCUT2D eigenvalue weighted by Crippen LogP contribution is -2.07. The zero-order valence-corrected chi connectivity index (χ0v) is 22.9. The molecule has 0 aliphatic rings. The SMILES string of the molecule is C=C(CCCC)Nc1nccc(-c2ccc(C)c(C(=N)c3nc4c(-c5cccnc5)cncc4[nH]3)c2)n1.CC. The first-order valence-electron chi connectivity index (χ1n) is 13.3. The van der Waals surface area contributed by atoms with Crippen molar-refractivity contribution < 1.29 is 0 Å². The van der Waals surface area contributed by atoms with Crippen molar-refractivity contribution in [3.8, 4) is 22.4 Å². The summed E-state index contributed by atoms with van der Waals surface area (Å²) in [5, 5.41) is 12.2. The standard InChI is InChI=1S/C29H28N8.C2H6/c1-4-5-7-19(3)34-29-33-13-11-24(36-29)20-10-9-18(2)22(14-20)26(30)28-35-25-17-32-16-23(27(25)37-28)21-8-6-12-31-15-21;1-2/h6,8-17,30H,3-5,7H2,1-2H3,(H,35,37)(H,33,34,36);1-2H3. The molecule has 8 heteroatoms. The molecule has 0 unspecified atom stereocenters. The zero-order valence-electron chi connectivity index (χ0n) is 22.9. The second kappa shape index (κ2) is 12.7. The van der Waals surface area contributed by atoms with Crippen LogP contribution < -0.4 is 5.32 Å². The van der Waals surface area contributed by atoms with E-state index in [2.05, 4.69) is 43.7 Å². The summed E-state index contributed by atoms with van der Waals surface area (Å²) in [6.07, 6.45) is 11.8. The number of aromatic nitrogens is 6. The van der Waals surface area contributed by atoms with Gasteiger partial charge in [-0.3, -0.25) is 15.4 Å². The van der Waals surface area contributed by atoms with Gasteiger partial charge < -0.3 is 10.3 Å². The minimum Gasteiger partial charge on any atom is -0.335 e. The lowest BCUT2D eigenvalue weighted by Gasteiger charge is -2.11. The number of hydrogen-bond acceptors (Lipinski definition) is 7. The Hall–Kier alpha value is -4.72. The first kappa shape index (κ1) is 27.3. The lowest BCUT2D eigenvalue weighted by atomic mass is 9.99. The Labute approximate surface area is 229 Å². The van der Waals surface area contributed by atoms with Crippen molar-refractivity contribution >= 4 is 22.7 Å². The van der Waals surface area contributed by atoms with Crippen molar-refractivity contribution in [1.29, 1.82) is 5.41 Å². The number of aryl methyl sites for hydroxylation is 1. The highest BCUT2D eigenvalue weighted by atomic mass is 15.1. The van der Waals surface area contributed by atoms with Crippen LogP contribution in [0.3, 0.4) is 0 Å². The highest BCUT2D eigenvalue weighted by Crippen LogP contribution is 2.27. The van der Waals surface area contributed by atoms with Crippen LogP contribution in [0.25, 0.3) is 33.4 Å². The van der Waals surface area contributed by atoms with E-state index in [-0.39, 0.29) is 0 Å². The third-order valence-corrected chi connectivity index (χ3v) is 6.18. The second-order valence-electron chi connectivity index (χ2n) is 8.91. The number of hydrogen-bond donors (Lipinski definition) is 3. The van der Waals surface area contributed by atoms with Gasteiger partial charge in [0.2, 0.25) is 5.95 Å². The van der Waals surface area contributed by atoms with Gasteiger partial charge in [-0.25, -0.2) is 15.0 Å². The number of aromatic amines is 1. The molecule has 0 bridgehead atoms. The van der Waals surface area contributed by atoms with E-state index in [9.17, 15) is 0 Å². The van der Waals surface area contributed by atoms with Gasteiger partial charge in [0.1, 0.15) is 11.2 Å². The monoisotopic (exact) mass is 518 g/mol. The summed E-state index contributed by atoms with van der Waals surface area (Å²) in [6.45, 7) is 12.2. The van der Waals surface area contributed by atoms with Gasteiger partial charge in [-0.15, -0.1) is 0 Å². The number of unbranched alkanes of at least 4 members (excludes halogenated alkanes) is 1. The van der Waals surface area contributed by atoms with Crippen LogP contribution in [0.1, 0.15) is 57.0 Å². The number of nitrogens with one attached hydrogen (secondary N) is 3. The van der Waals surface area contributed by atoms with E-state index in [1.54, 1.807) is 31.0 Å². The fourth-order valence-electron chi connectivity index (χ4n) is 4.15. The summed E-state index contributed by atoms with van der Waals surface area (Å²) in [5.41, 5.74) is 7.92. The van der Waals surface area contributed by atoms with Crippen LogP contribution in [0.4, 0.5) is 5.95 Å². The largest absolute Gasteiger partial charge is 0.335 e. The van der Waals surface area contributed by atoms with Crippen LogP contribution >= 0.6 is 0 Å². The van der Waals surface area contributed by atoms with Crippen molar-refractivity contribution in [2.45, 2.75) is 47.0 Å². The Morgan fingerprint density at radius 2 is 1.85 bits per heavy atom. The number of allylic oxidation sites excluding steroid dienone is 1. The molecule has 0 aliphatic heterocycles. The van der Waals surface area contributed by atoms with E-state index < -0.39 is 0 Å². The van der Waals surface area contributed by atoms with E-state index in [0.717, 1.165) is 69.5 Å². The minimum absolute atomic E-state index is 0.299. The molecule has 5 aromatic rings. The molecule has 3 N–H and O–H groups in total. The van der Waals surface area contributed by atoms with Gasteiger partial charge in [-0.05, 0) is 43.5 Å². The number of nitrogens with zero attached hydrogens (tertiary/aromatic N) is 5. The summed E-state index contributed by atoms with van der Waals surface area (Å²) in [6, 6.07) is 11.7. The average Bonchev–Trinajstić information content (AvgIpc) is 3.42. The van der Waals surface area contributed by atoms with Gasteiger partial charge in [0.25, 0.3) is 0 Å². The van der Waals surface area contributed by atoms with Gasteiger partial charge in [0.15, 0.2) is 5.82 Å². The van der Waals surface area contributed by atoms with Gasteiger partial charge in [-0.1, -0.05) is 52.0 Å². The minimum atomic E-state index is 0.299. The van der Waals surface area contributed by atoms with Crippen LogP contribution in [-0.2, 0) is 0 Å². The van der Waals surface area contributed by atoms with E-state index in [1.807, 2.05) is 57.2 Å². The average molecular weight is 519 g/mol. The van der Waals surface area contributed by atoms with Crippen LogP contribution in [0.5, 0.6) is 0 Å². The maximum Gasteiger partial charge on any atom is 0.227 e. The Morgan fingerprint density at radius 1 is 1.00 bits per heavy atom. The maximum atomic E-state index is 8.99. The molecule has 39 heavy (non-hydrogen) atoms. The lowest BCUT2D eigenvalue weighted by molar-refractivity contribution is 0.789. The molecule has 0 atom stereocenters. The topological polar surface area (TPSA) is 116 Å². The van der Waals surface area contributed by atoms with Gasteiger partial charge >= 0.3 is 0 Å². The summed E-state index contributed by atoms with van der Waals surface area (Å²) in [4.78, 5) is 25.7. The van der Waals surface area contributed by atoms with E-state index in [4.69, 9.17) is 10.4 Å². The number of benzene rings is 1. The highest BCUT2D eigenvalue weighted by molar-refractivity contribution is 6.11. The third kappa shape index (κ3) is 6.23. The van der Waals surface area contributed by atoms with Crippen LogP contribution in [0.15, 0.2) is 79.7 Å². The summed E-state index contributed by atoms with van der Waals surface area (Å²) >= 11 is 0. The summed E-state index contributed by atoms with van der Waals surface area (Å²) in [7, 11) is 0. The third-order valence-electron chi connectivity index (χ3n) is 6.18. The van der Waals surface area contributed by atoms with Gasteiger partial charge in [-0.2, -0.15) is 0 Å². The van der Waals surface area contributed by atoms with Crippen molar-refractivity contribution in [1.82, 2.24) is 29.9 Å². The molecule has 198 valence electrons. The predicted molar refractivity (Wildman–Crippen MR) is 159 cm³/mol. The normalized spacial score (nSPS) is 10.6. The molecule has 4 aromatic heterocycles. The first-order chi connectivity index (χ1) is 19.0. The second-order valence-corrected chi connectivity index (χ2v) is 8.91.